The van der Waals surface area contributed by atoms with Crippen LogP contribution in [0.5, 0.6) is 0 Å². The fraction of sp³-hybridized carbons (Fsp3) is 0.867. The van der Waals surface area contributed by atoms with E-state index in [0.29, 0.717) is 0 Å². The zero-order valence-corrected chi connectivity index (χ0v) is 13.3. The number of piperidine rings is 1. The molecular formula is C15H26N4O2. The van der Waals surface area contributed by atoms with E-state index in [4.69, 9.17) is 0 Å². The molecule has 0 aromatic heterocycles. The van der Waals surface area contributed by atoms with Gasteiger partial charge in [0.05, 0.1) is 5.41 Å². The van der Waals surface area contributed by atoms with Crippen molar-refractivity contribution in [2.75, 3.05) is 53.9 Å². The predicted octanol–water partition coefficient (Wildman–Crippen LogP) is 0.202. The third kappa shape index (κ3) is 2.03. The van der Waals surface area contributed by atoms with Gasteiger partial charge in [-0.1, -0.05) is 0 Å². The molecule has 3 saturated heterocycles. The topological polar surface area (TPSA) is 55.9 Å². The first-order valence-corrected chi connectivity index (χ1v) is 7.83. The Labute approximate surface area is 126 Å². The molecule has 21 heavy (non-hydrogen) atoms. The largest absolute Gasteiger partial charge is 0.356 e. The Morgan fingerprint density at radius 2 is 1.86 bits per heavy atom. The summed E-state index contributed by atoms with van der Waals surface area (Å²) in [4.78, 5) is 30.5. The van der Waals surface area contributed by atoms with Crippen molar-refractivity contribution in [1.29, 1.82) is 0 Å². The zero-order chi connectivity index (χ0) is 15.3. The quantitative estimate of drug-likeness (QED) is 0.694. The molecule has 0 aliphatic carbocycles. The van der Waals surface area contributed by atoms with Crippen molar-refractivity contribution < 1.29 is 9.59 Å². The van der Waals surface area contributed by atoms with Crippen molar-refractivity contribution in [3.63, 3.8) is 0 Å². The van der Waals surface area contributed by atoms with Gasteiger partial charge in [-0.05, 0) is 26.3 Å². The van der Waals surface area contributed by atoms with Crippen molar-refractivity contribution in [2.45, 2.75) is 19.3 Å². The van der Waals surface area contributed by atoms with Gasteiger partial charge in [0.1, 0.15) is 0 Å². The van der Waals surface area contributed by atoms with E-state index in [-0.39, 0.29) is 22.8 Å². The Kier molecular flexibility index (Phi) is 3.39. The summed E-state index contributed by atoms with van der Waals surface area (Å²) in [6, 6.07) is 0.0844. The average molecular weight is 294 g/mol. The van der Waals surface area contributed by atoms with Gasteiger partial charge in [-0.3, -0.25) is 4.79 Å². The van der Waals surface area contributed by atoms with Crippen molar-refractivity contribution >= 4 is 11.9 Å². The number of hydrogen-bond donors (Lipinski definition) is 1. The standard InChI is InChI=1S/C15H26N4O2/c1-17(2)13(21)19-8-5-14(6-9-19)10-18(3)11-15(14)4-7-16-12(15)20/h4-11H2,1-3H3,(H,16,20). The number of urea groups is 1. The van der Waals surface area contributed by atoms with Crippen molar-refractivity contribution in [3.8, 4) is 0 Å². The second-order valence-electron chi connectivity index (χ2n) is 7.20. The fourth-order valence-electron chi connectivity index (χ4n) is 4.73. The Hall–Kier alpha value is -1.30. The minimum atomic E-state index is -0.227. The summed E-state index contributed by atoms with van der Waals surface area (Å²) in [5.41, 5.74) is -0.180. The Morgan fingerprint density at radius 3 is 2.38 bits per heavy atom. The maximum Gasteiger partial charge on any atom is 0.319 e. The number of fused-ring (bicyclic) bond motifs is 1. The number of hydrogen-bond acceptors (Lipinski definition) is 3. The summed E-state index contributed by atoms with van der Waals surface area (Å²) in [5, 5.41) is 3.04. The van der Waals surface area contributed by atoms with Crippen molar-refractivity contribution in [2.24, 2.45) is 10.8 Å². The van der Waals surface area contributed by atoms with Crippen LogP contribution in [0.25, 0.3) is 0 Å². The third-order valence-electron chi connectivity index (χ3n) is 5.77. The number of amides is 3. The molecule has 3 amide bonds. The van der Waals surface area contributed by atoms with Gasteiger partial charge in [-0.25, -0.2) is 4.79 Å². The molecule has 6 heteroatoms. The Bertz CT molecular complexity index is 457. The van der Waals surface area contributed by atoms with E-state index in [1.807, 2.05) is 4.90 Å². The summed E-state index contributed by atoms with van der Waals surface area (Å²) in [5.74, 6) is 0.235. The number of carbonyl (C=O) groups excluding carboxylic acids is 2. The minimum absolute atomic E-state index is 0.0470. The van der Waals surface area contributed by atoms with Crippen molar-refractivity contribution in [3.05, 3.63) is 0 Å². The second kappa shape index (κ2) is 4.87. The molecule has 1 N–H and O–H groups in total. The lowest BCUT2D eigenvalue weighted by Crippen LogP contribution is -2.54. The van der Waals surface area contributed by atoms with E-state index < -0.39 is 0 Å². The molecule has 3 heterocycles. The summed E-state index contributed by atoms with van der Waals surface area (Å²) < 4.78 is 0. The van der Waals surface area contributed by atoms with Crippen LogP contribution in [0.2, 0.25) is 0 Å². The normalized spacial score (nSPS) is 32.0. The van der Waals surface area contributed by atoms with E-state index in [0.717, 1.165) is 52.0 Å². The molecule has 118 valence electrons. The van der Waals surface area contributed by atoms with E-state index in [9.17, 15) is 9.59 Å². The van der Waals surface area contributed by atoms with Crippen LogP contribution in [0.15, 0.2) is 0 Å². The monoisotopic (exact) mass is 294 g/mol. The molecule has 3 aliphatic heterocycles. The first-order chi connectivity index (χ1) is 9.90. The summed E-state index contributed by atoms with van der Waals surface area (Å²) in [7, 11) is 5.70. The summed E-state index contributed by atoms with van der Waals surface area (Å²) in [6.07, 6.45) is 2.81. The molecule has 0 aromatic rings. The van der Waals surface area contributed by atoms with Crippen LogP contribution in [-0.4, -0.2) is 80.5 Å². The zero-order valence-electron chi connectivity index (χ0n) is 13.3. The molecule has 1 unspecified atom stereocenters. The average Bonchev–Trinajstić information content (AvgIpc) is 2.93. The molecule has 0 aromatic carbocycles. The van der Waals surface area contributed by atoms with Crippen LogP contribution in [0.3, 0.4) is 0 Å². The van der Waals surface area contributed by atoms with E-state index >= 15 is 0 Å². The predicted molar refractivity (Wildman–Crippen MR) is 79.9 cm³/mol. The lowest BCUT2D eigenvalue weighted by molar-refractivity contribution is -0.133. The highest BCUT2D eigenvalue weighted by Gasteiger charge is 2.63. The lowest BCUT2D eigenvalue weighted by Gasteiger charge is -2.47. The van der Waals surface area contributed by atoms with E-state index in [1.165, 1.54) is 0 Å². The molecule has 2 spiro atoms. The molecule has 0 radical (unpaired) electrons. The number of rotatable bonds is 0. The lowest BCUT2D eigenvalue weighted by atomic mass is 9.60. The third-order valence-corrected chi connectivity index (χ3v) is 5.77. The van der Waals surface area contributed by atoms with Gasteiger partial charge in [-0.15, -0.1) is 0 Å². The first-order valence-electron chi connectivity index (χ1n) is 7.83. The van der Waals surface area contributed by atoms with Gasteiger partial charge in [0.15, 0.2) is 0 Å². The van der Waals surface area contributed by atoms with Crippen LogP contribution >= 0.6 is 0 Å². The molecule has 3 fully saturated rings. The maximum absolute atomic E-state index is 12.5. The highest BCUT2D eigenvalue weighted by atomic mass is 16.2. The van der Waals surface area contributed by atoms with E-state index in [1.54, 1.807) is 19.0 Å². The molecule has 6 nitrogen and oxygen atoms in total. The smallest absolute Gasteiger partial charge is 0.319 e. The molecule has 3 aliphatic rings. The van der Waals surface area contributed by atoms with Gasteiger partial charge in [0.25, 0.3) is 0 Å². The van der Waals surface area contributed by atoms with Crippen LogP contribution in [0.4, 0.5) is 4.79 Å². The Balaban J connectivity index is 1.80. The number of nitrogens with zero attached hydrogens (tertiary/aromatic N) is 3. The van der Waals surface area contributed by atoms with Crippen LogP contribution < -0.4 is 5.32 Å². The SMILES string of the molecule is CN1CC2(CCN(C(=O)N(C)C)CC2)C2(CCNC2=O)C1. The minimum Gasteiger partial charge on any atom is -0.356 e. The van der Waals surface area contributed by atoms with Crippen LogP contribution in [0.1, 0.15) is 19.3 Å². The second-order valence-corrected chi connectivity index (χ2v) is 7.20. The van der Waals surface area contributed by atoms with Gasteiger partial charge in [0.2, 0.25) is 5.91 Å². The molecular weight excluding hydrogens is 268 g/mol. The van der Waals surface area contributed by atoms with Gasteiger partial charge < -0.3 is 20.0 Å². The van der Waals surface area contributed by atoms with Crippen molar-refractivity contribution in [1.82, 2.24) is 20.0 Å². The highest BCUT2D eigenvalue weighted by molar-refractivity contribution is 5.86. The summed E-state index contributed by atoms with van der Waals surface area (Å²) in [6.45, 7) is 4.17. The molecule has 3 rings (SSSR count). The number of nitrogens with one attached hydrogen (secondary N) is 1. The van der Waals surface area contributed by atoms with Crippen LogP contribution in [-0.2, 0) is 4.79 Å². The first kappa shape index (κ1) is 14.6. The molecule has 0 saturated carbocycles. The van der Waals surface area contributed by atoms with Crippen LogP contribution in [0, 0.1) is 10.8 Å². The van der Waals surface area contributed by atoms with E-state index in [2.05, 4.69) is 17.3 Å². The van der Waals surface area contributed by atoms with Gasteiger partial charge in [-0.2, -0.15) is 0 Å². The molecule has 0 bridgehead atoms. The Morgan fingerprint density at radius 1 is 1.19 bits per heavy atom. The number of carbonyl (C=O) groups is 2. The maximum atomic E-state index is 12.5. The number of likely N-dealkylation sites (tertiary alicyclic amines) is 2. The highest BCUT2D eigenvalue weighted by Crippen LogP contribution is 2.55. The molecule has 1 atom stereocenters. The fourth-order valence-corrected chi connectivity index (χ4v) is 4.73. The van der Waals surface area contributed by atoms with Gasteiger partial charge in [0, 0.05) is 52.2 Å². The summed E-state index contributed by atoms with van der Waals surface area (Å²) >= 11 is 0. The van der Waals surface area contributed by atoms with Gasteiger partial charge >= 0.3 is 6.03 Å².